The lowest BCUT2D eigenvalue weighted by Gasteiger charge is -2.21. The van der Waals surface area contributed by atoms with Gasteiger partial charge in [-0.25, -0.2) is 0 Å². The SMILES string of the molecule is CC(C)Oc1cccc(C(=O)N(CC(=O)O)CC2CC2)c1. The lowest BCUT2D eigenvalue weighted by Crippen LogP contribution is -2.37. The van der Waals surface area contributed by atoms with Crippen LogP contribution in [0.1, 0.15) is 37.0 Å². The predicted octanol–water partition coefficient (Wildman–Crippen LogP) is 2.41. The topological polar surface area (TPSA) is 66.8 Å². The van der Waals surface area contributed by atoms with E-state index in [1.165, 1.54) is 4.90 Å². The van der Waals surface area contributed by atoms with Crippen molar-refractivity contribution in [2.24, 2.45) is 5.92 Å². The highest BCUT2D eigenvalue weighted by molar-refractivity contribution is 5.96. The first kappa shape index (κ1) is 15.4. The van der Waals surface area contributed by atoms with Gasteiger partial charge < -0.3 is 14.7 Å². The number of carboxylic acids is 1. The maximum atomic E-state index is 12.5. The molecule has 5 nitrogen and oxygen atoms in total. The van der Waals surface area contributed by atoms with Gasteiger partial charge in [-0.2, -0.15) is 0 Å². The normalized spacial score (nSPS) is 14.0. The van der Waals surface area contributed by atoms with Gasteiger partial charge in [-0.05, 0) is 50.8 Å². The van der Waals surface area contributed by atoms with Crippen LogP contribution in [0.2, 0.25) is 0 Å². The summed E-state index contributed by atoms with van der Waals surface area (Å²) in [5.41, 5.74) is 0.468. The van der Waals surface area contributed by atoms with Gasteiger partial charge in [-0.3, -0.25) is 9.59 Å². The molecule has 2 rings (SSSR count). The summed E-state index contributed by atoms with van der Waals surface area (Å²) in [6.07, 6.45) is 2.16. The summed E-state index contributed by atoms with van der Waals surface area (Å²) in [5.74, 6) is -0.168. The second-order valence-electron chi connectivity index (χ2n) is 5.72. The van der Waals surface area contributed by atoms with Gasteiger partial charge in [0.25, 0.3) is 5.91 Å². The molecule has 1 aromatic rings. The van der Waals surface area contributed by atoms with Gasteiger partial charge in [0.15, 0.2) is 0 Å². The van der Waals surface area contributed by atoms with Crippen molar-refractivity contribution in [3.8, 4) is 5.75 Å². The Morgan fingerprint density at radius 1 is 1.38 bits per heavy atom. The summed E-state index contributed by atoms with van der Waals surface area (Å²) >= 11 is 0. The fraction of sp³-hybridized carbons (Fsp3) is 0.500. The van der Waals surface area contributed by atoms with Crippen LogP contribution in [0.3, 0.4) is 0 Å². The van der Waals surface area contributed by atoms with Gasteiger partial charge in [0.2, 0.25) is 0 Å². The number of rotatable bonds is 7. The number of benzene rings is 1. The first-order valence-electron chi connectivity index (χ1n) is 7.23. The summed E-state index contributed by atoms with van der Waals surface area (Å²) < 4.78 is 5.57. The zero-order valence-corrected chi connectivity index (χ0v) is 12.4. The third-order valence-electron chi connectivity index (χ3n) is 3.24. The summed E-state index contributed by atoms with van der Waals surface area (Å²) in [7, 11) is 0. The molecule has 0 radical (unpaired) electrons. The summed E-state index contributed by atoms with van der Waals surface area (Å²) in [5, 5.41) is 8.97. The lowest BCUT2D eigenvalue weighted by molar-refractivity contribution is -0.137. The van der Waals surface area contributed by atoms with Crippen molar-refractivity contribution in [1.29, 1.82) is 0 Å². The van der Waals surface area contributed by atoms with Crippen LogP contribution in [-0.2, 0) is 4.79 Å². The average Bonchev–Trinajstić information content (AvgIpc) is 3.20. The highest BCUT2D eigenvalue weighted by Crippen LogP contribution is 2.30. The molecular weight excluding hydrogens is 270 g/mol. The maximum Gasteiger partial charge on any atom is 0.323 e. The average molecular weight is 291 g/mol. The van der Waals surface area contributed by atoms with Gasteiger partial charge in [-0.15, -0.1) is 0 Å². The molecule has 1 aliphatic rings. The van der Waals surface area contributed by atoms with Crippen LogP contribution in [0.5, 0.6) is 5.75 Å². The van der Waals surface area contributed by atoms with E-state index in [-0.39, 0.29) is 18.6 Å². The Labute approximate surface area is 124 Å². The monoisotopic (exact) mass is 291 g/mol. The van der Waals surface area contributed by atoms with Gasteiger partial charge in [-0.1, -0.05) is 6.07 Å². The molecule has 5 heteroatoms. The van der Waals surface area contributed by atoms with Crippen molar-refractivity contribution in [2.45, 2.75) is 32.8 Å². The third-order valence-corrected chi connectivity index (χ3v) is 3.24. The summed E-state index contributed by atoms with van der Waals surface area (Å²) in [4.78, 5) is 24.8. The molecule has 114 valence electrons. The van der Waals surface area contributed by atoms with Gasteiger partial charge in [0.05, 0.1) is 6.10 Å². The number of hydrogen-bond acceptors (Lipinski definition) is 3. The fourth-order valence-corrected chi connectivity index (χ4v) is 2.15. The number of carbonyl (C=O) groups is 2. The molecule has 0 atom stereocenters. The number of ether oxygens (including phenoxy) is 1. The van der Waals surface area contributed by atoms with E-state index in [1.807, 2.05) is 13.8 Å². The van der Waals surface area contributed by atoms with Crippen molar-refractivity contribution in [3.63, 3.8) is 0 Å². The number of carbonyl (C=O) groups excluding carboxylic acids is 1. The Hall–Kier alpha value is -2.04. The number of amides is 1. The smallest absolute Gasteiger partial charge is 0.323 e. The second-order valence-corrected chi connectivity index (χ2v) is 5.72. The molecule has 0 unspecified atom stereocenters. The molecule has 0 saturated heterocycles. The van der Waals surface area contributed by atoms with E-state index < -0.39 is 5.97 Å². The molecule has 0 aromatic heterocycles. The Morgan fingerprint density at radius 3 is 2.67 bits per heavy atom. The first-order chi connectivity index (χ1) is 9.95. The van der Waals surface area contributed by atoms with Gasteiger partial charge in [0, 0.05) is 12.1 Å². The van der Waals surface area contributed by atoms with Crippen LogP contribution in [0.15, 0.2) is 24.3 Å². The van der Waals surface area contributed by atoms with E-state index in [9.17, 15) is 9.59 Å². The molecule has 1 N–H and O–H groups in total. The van der Waals surface area contributed by atoms with Crippen molar-refractivity contribution in [2.75, 3.05) is 13.1 Å². The first-order valence-corrected chi connectivity index (χ1v) is 7.23. The van der Waals surface area contributed by atoms with E-state index in [4.69, 9.17) is 9.84 Å². The van der Waals surface area contributed by atoms with Crippen LogP contribution < -0.4 is 4.74 Å². The molecule has 0 spiro atoms. The van der Waals surface area contributed by atoms with E-state index in [0.717, 1.165) is 12.8 Å². The predicted molar refractivity (Wildman–Crippen MR) is 78.5 cm³/mol. The molecule has 0 bridgehead atoms. The van der Waals surface area contributed by atoms with E-state index in [2.05, 4.69) is 0 Å². The van der Waals surface area contributed by atoms with Crippen LogP contribution >= 0.6 is 0 Å². The summed E-state index contributed by atoms with van der Waals surface area (Å²) in [6, 6.07) is 6.90. The van der Waals surface area contributed by atoms with Crippen LogP contribution in [-0.4, -0.2) is 41.1 Å². The number of hydrogen-bond donors (Lipinski definition) is 1. The minimum Gasteiger partial charge on any atom is -0.491 e. The van der Waals surface area contributed by atoms with Crippen LogP contribution in [0.4, 0.5) is 0 Å². The standard InChI is InChI=1S/C16H21NO4/c1-11(2)21-14-5-3-4-13(8-14)16(20)17(10-15(18)19)9-12-6-7-12/h3-5,8,11-12H,6-7,9-10H2,1-2H3,(H,18,19). The Bertz CT molecular complexity index is 523. The molecule has 0 aliphatic heterocycles. The summed E-state index contributed by atoms with van der Waals surface area (Å²) in [6.45, 7) is 4.08. The highest BCUT2D eigenvalue weighted by Gasteiger charge is 2.28. The van der Waals surface area contributed by atoms with E-state index in [1.54, 1.807) is 24.3 Å². The second kappa shape index (κ2) is 6.61. The highest BCUT2D eigenvalue weighted by atomic mass is 16.5. The quantitative estimate of drug-likeness (QED) is 0.837. The zero-order chi connectivity index (χ0) is 15.4. The van der Waals surface area contributed by atoms with Crippen molar-refractivity contribution < 1.29 is 19.4 Å². The zero-order valence-electron chi connectivity index (χ0n) is 12.4. The fourth-order valence-electron chi connectivity index (χ4n) is 2.15. The maximum absolute atomic E-state index is 12.5. The van der Waals surface area contributed by atoms with Crippen LogP contribution in [0, 0.1) is 5.92 Å². The molecule has 1 aromatic carbocycles. The largest absolute Gasteiger partial charge is 0.491 e. The number of carboxylic acid groups (broad SMARTS) is 1. The molecule has 1 amide bonds. The van der Waals surface area contributed by atoms with Crippen molar-refractivity contribution >= 4 is 11.9 Å². The Kier molecular flexibility index (Phi) is 4.83. The minimum absolute atomic E-state index is 0.0249. The van der Waals surface area contributed by atoms with Crippen LogP contribution in [0.25, 0.3) is 0 Å². The minimum atomic E-state index is -0.987. The lowest BCUT2D eigenvalue weighted by atomic mass is 10.1. The van der Waals surface area contributed by atoms with Gasteiger partial charge in [0.1, 0.15) is 12.3 Å². The number of aliphatic carboxylic acids is 1. The van der Waals surface area contributed by atoms with Gasteiger partial charge >= 0.3 is 5.97 Å². The molecule has 1 saturated carbocycles. The molecule has 1 fully saturated rings. The Balaban J connectivity index is 2.12. The van der Waals surface area contributed by atoms with E-state index in [0.29, 0.717) is 23.8 Å². The van der Waals surface area contributed by atoms with E-state index >= 15 is 0 Å². The molecule has 0 heterocycles. The molecule has 21 heavy (non-hydrogen) atoms. The third kappa shape index (κ3) is 4.77. The molecule has 1 aliphatic carbocycles. The van der Waals surface area contributed by atoms with Crippen molar-refractivity contribution in [1.82, 2.24) is 4.90 Å². The number of nitrogens with zero attached hydrogens (tertiary/aromatic N) is 1. The van der Waals surface area contributed by atoms with Crippen molar-refractivity contribution in [3.05, 3.63) is 29.8 Å². The Morgan fingerprint density at radius 2 is 2.10 bits per heavy atom. The molecular formula is C16H21NO4.